The van der Waals surface area contributed by atoms with Gasteiger partial charge in [0, 0.05) is 7.05 Å². The van der Waals surface area contributed by atoms with Gasteiger partial charge in [0.25, 0.3) is 5.91 Å². The topological polar surface area (TPSA) is 67.9 Å². The number of hydrogen-bond donors (Lipinski definition) is 1. The van der Waals surface area contributed by atoms with Crippen molar-refractivity contribution >= 4 is 39.1 Å². The van der Waals surface area contributed by atoms with Gasteiger partial charge in [0.05, 0.1) is 22.3 Å². The molecular formula is C18H21BrN2O4S. The van der Waals surface area contributed by atoms with E-state index in [1.807, 2.05) is 24.3 Å². The number of hydrogen-bond acceptors (Lipinski definition) is 5. The van der Waals surface area contributed by atoms with Crippen LogP contribution in [-0.2, 0) is 4.79 Å². The lowest BCUT2D eigenvalue weighted by atomic mass is 10.2. The Balaban J connectivity index is 1.77. The Labute approximate surface area is 165 Å². The first-order valence-electron chi connectivity index (χ1n) is 7.98. The maximum atomic E-state index is 12.4. The number of rotatable bonds is 8. The number of methoxy groups -OCH3 is 1. The van der Waals surface area contributed by atoms with Crippen LogP contribution in [0.3, 0.4) is 0 Å². The van der Waals surface area contributed by atoms with Crippen molar-refractivity contribution in [2.24, 2.45) is 0 Å². The highest BCUT2D eigenvalue weighted by molar-refractivity contribution is 9.11. The zero-order valence-electron chi connectivity index (χ0n) is 14.8. The van der Waals surface area contributed by atoms with Crippen LogP contribution >= 0.6 is 27.3 Å². The molecule has 0 radical (unpaired) electrons. The fourth-order valence-corrected chi connectivity index (χ4v) is 3.47. The number of ether oxygens (including phenoxy) is 2. The van der Waals surface area contributed by atoms with E-state index in [1.54, 1.807) is 38.1 Å². The zero-order valence-corrected chi connectivity index (χ0v) is 17.2. The molecule has 2 rings (SSSR count). The summed E-state index contributed by atoms with van der Waals surface area (Å²) in [5, 5.41) is 2.72. The minimum atomic E-state index is -0.616. The molecular weight excluding hydrogens is 420 g/mol. The summed E-state index contributed by atoms with van der Waals surface area (Å²) >= 11 is 4.64. The largest absolute Gasteiger partial charge is 0.497 e. The number of benzene rings is 1. The predicted molar refractivity (Wildman–Crippen MR) is 105 cm³/mol. The van der Waals surface area contributed by atoms with E-state index in [2.05, 4.69) is 21.2 Å². The van der Waals surface area contributed by atoms with Gasteiger partial charge in [0.15, 0.2) is 0 Å². The lowest BCUT2D eigenvalue weighted by Crippen LogP contribution is -2.46. The van der Waals surface area contributed by atoms with E-state index in [-0.39, 0.29) is 11.8 Å². The van der Waals surface area contributed by atoms with Crippen molar-refractivity contribution < 1.29 is 19.1 Å². The first-order chi connectivity index (χ1) is 12.4. The zero-order chi connectivity index (χ0) is 19.1. The van der Waals surface area contributed by atoms with Gasteiger partial charge in [0.2, 0.25) is 5.91 Å². The molecule has 1 atom stereocenters. The molecule has 0 saturated heterocycles. The summed E-state index contributed by atoms with van der Waals surface area (Å²) < 4.78 is 11.6. The van der Waals surface area contributed by atoms with Gasteiger partial charge in [-0.05, 0) is 59.3 Å². The SMILES string of the molecule is COc1ccc(OCCN(C)C(=O)C(C)NC(=O)c2ccc(Br)s2)cc1. The smallest absolute Gasteiger partial charge is 0.262 e. The van der Waals surface area contributed by atoms with Crippen molar-refractivity contribution in [3.63, 3.8) is 0 Å². The van der Waals surface area contributed by atoms with E-state index in [4.69, 9.17) is 9.47 Å². The molecule has 1 aromatic heterocycles. The summed E-state index contributed by atoms with van der Waals surface area (Å²) in [5.74, 6) is 1.03. The molecule has 0 aliphatic rings. The predicted octanol–water partition coefficient (Wildman–Crippen LogP) is 3.17. The summed E-state index contributed by atoms with van der Waals surface area (Å²) in [6, 6.07) is 10.1. The summed E-state index contributed by atoms with van der Waals surface area (Å²) in [7, 11) is 3.29. The fraction of sp³-hybridized carbons (Fsp3) is 0.333. The molecule has 0 spiro atoms. The van der Waals surface area contributed by atoms with Crippen LogP contribution in [0.25, 0.3) is 0 Å². The number of carbonyl (C=O) groups is 2. The molecule has 0 bridgehead atoms. The van der Waals surface area contributed by atoms with Crippen molar-refractivity contribution in [2.45, 2.75) is 13.0 Å². The van der Waals surface area contributed by atoms with Gasteiger partial charge < -0.3 is 19.7 Å². The van der Waals surface area contributed by atoms with Crippen LogP contribution in [0.5, 0.6) is 11.5 Å². The summed E-state index contributed by atoms with van der Waals surface area (Å²) in [6.45, 7) is 2.44. The number of likely N-dealkylation sites (N-methyl/N-ethyl adjacent to an activating group) is 1. The number of halogens is 1. The summed E-state index contributed by atoms with van der Waals surface area (Å²) in [6.07, 6.45) is 0. The highest BCUT2D eigenvalue weighted by atomic mass is 79.9. The van der Waals surface area contributed by atoms with E-state index < -0.39 is 6.04 Å². The molecule has 1 aromatic carbocycles. The molecule has 1 heterocycles. The minimum absolute atomic E-state index is 0.174. The standard InChI is InChI=1S/C18H21BrN2O4S/c1-12(20-17(22)15-8-9-16(19)26-15)18(23)21(2)10-11-25-14-6-4-13(24-3)5-7-14/h4-9,12H,10-11H2,1-3H3,(H,20,22). The highest BCUT2D eigenvalue weighted by Crippen LogP contribution is 2.22. The lowest BCUT2D eigenvalue weighted by molar-refractivity contribution is -0.131. The average Bonchev–Trinajstić information content (AvgIpc) is 3.08. The van der Waals surface area contributed by atoms with Crippen LogP contribution in [0.2, 0.25) is 0 Å². The van der Waals surface area contributed by atoms with Crippen molar-refractivity contribution in [1.82, 2.24) is 10.2 Å². The quantitative estimate of drug-likeness (QED) is 0.684. The minimum Gasteiger partial charge on any atom is -0.497 e. The van der Waals surface area contributed by atoms with Crippen LogP contribution in [0.4, 0.5) is 0 Å². The van der Waals surface area contributed by atoms with E-state index in [1.165, 1.54) is 11.3 Å². The normalized spacial score (nSPS) is 11.5. The van der Waals surface area contributed by atoms with E-state index in [9.17, 15) is 9.59 Å². The number of amides is 2. The van der Waals surface area contributed by atoms with Gasteiger partial charge in [-0.1, -0.05) is 0 Å². The van der Waals surface area contributed by atoms with E-state index >= 15 is 0 Å². The number of nitrogens with zero attached hydrogens (tertiary/aromatic N) is 1. The molecule has 0 aliphatic carbocycles. The molecule has 8 heteroatoms. The summed E-state index contributed by atoms with van der Waals surface area (Å²) in [4.78, 5) is 26.6. The average molecular weight is 441 g/mol. The highest BCUT2D eigenvalue weighted by Gasteiger charge is 2.20. The van der Waals surface area contributed by atoms with Gasteiger partial charge in [-0.25, -0.2) is 0 Å². The van der Waals surface area contributed by atoms with E-state index in [0.717, 1.165) is 9.54 Å². The first kappa shape index (κ1) is 20.3. The van der Waals surface area contributed by atoms with Crippen molar-refractivity contribution in [3.05, 3.63) is 45.1 Å². The Bertz CT molecular complexity index is 748. The van der Waals surface area contributed by atoms with Gasteiger partial charge in [-0.2, -0.15) is 0 Å². The number of nitrogens with one attached hydrogen (secondary N) is 1. The third kappa shape index (κ3) is 5.74. The molecule has 1 unspecified atom stereocenters. The molecule has 1 N–H and O–H groups in total. The van der Waals surface area contributed by atoms with Gasteiger partial charge in [-0.3, -0.25) is 9.59 Å². The van der Waals surface area contributed by atoms with Crippen molar-refractivity contribution in [3.8, 4) is 11.5 Å². The number of thiophene rings is 1. The van der Waals surface area contributed by atoms with Crippen LogP contribution in [0.1, 0.15) is 16.6 Å². The van der Waals surface area contributed by atoms with Crippen LogP contribution in [-0.4, -0.2) is 50.1 Å². The molecule has 0 fully saturated rings. The third-order valence-corrected chi connectivity index (χ3v) is 5.27. The maximum absolute atomic E-state index is 12.4. The van der Waals surface area contributed by atoms with Crippen molar-refractivity contribution in [1.29, 1.82) is 0 Å². The molecule has 0 saturated carbocycles. The second-order valence-electron chi connectivity index (χ2n) is 5.58. The third-order valence-electron chi connectivity index (χ3n) is 3.65. The van der Waals surface area contributed by atoms with Crippen LogP contribution < -0.4 is 14.8 Å². The second kappa shape index (κ2) is 9.59. The molecule has 140 valence electrons. The maximum Gasteiger partial charge on any atom is 0.262 e. The molecule has 0 aliphatic heterocycles. The van der Waals surface area contributed by atoms with Crippen molar-refractivity contribution in [2.75, 3.05) is 27.3 Å². The summed E-state index contributed by atoms with van der Waals surface area (Å²) in [5.41, 5.74) is 0. The fourth-order valence-electron chi connectivity index (χ4n) is 2.18. The Morgan fingerprint density at radius 2 is 1.85 bits per heavy atom. The second-order valence-corrected chi connectivity index (χ2v) is 8.05. The van der Waals surface area contributed by atoms with Gasteiger partial charge >= 0.3 is 0 Å². The first-order valence-corrected chi connectivity index (χ1v) is 9.59. The Morgan fingerprint density at radius 3 is 2.42 bits per heavy atom. The molecule has 2 amide bonds. The van der Waals surface area contributed by atoms with Crippen LogP contribution in [0, 0.1) is 0 Å². The monoisotopic (exact) mass is 440 g/mol. The number of carbonyl (C=O) groups excluding carboxylic acids is 2. The lowest BCUT2D eigenvalue weighted by Gasteiger charge is -2.22. The van der Waals surface area contributed by atoms with Gasteiger partial charge in [0.1, 0.15) is 24.1 Å². The Kier molecular flexibility index (Phi) is 7.47. The van der Waals surface area contributed by atoms with Crippen LogP contribution in [0.15, 0.2) is 40.2 Å². The Morgan fingerprint density at radius 1 is 1.19 bits per heavy atom. The van der Waals surface area contributed by atoms with E-state index in [0.29, 0.717) is 23.8 Å². The van der Waals surface area contributed by atoms with Gasteiger partial charge in [-0.15, -0.1) is 11.3 Å². The molecule has 26 heavy (non-hydrogen) atoms. The molecule has 6 nitrogen and oxygen atoms in total. The molecule has 2 aromatic rings. The Hall–Kier alpha value is -2.06.